The first-order valence-corrected chi connectivity index (χ1v) is 6.58. The Morgan fingerprint density at radius 1 is 1.24 bits per heavy atom. The van der Waals surface area contributed by atoms with E-state index in [0.717, 1.165) is 36.5 Å². The molecule has 0 saturated heterocycles. The second-order valence-corrected chi connectivity index (χ2v) is 5.37. The summed E-state index contributed by atoms with van der Waals surface area (Å²) in [5.74, 6) is 1.68. The van der Waals surface area contributed by atoms with Crippen LogP contribution < -0.4 is 5.32 Å². The Hall–Kier alpha value is -0.830. The summed E-state index contributed by atoms with van der Waals surface area (Å²) in [6, 6.07) is 0. The van der Waals surface area contributed by atoms with E-state index in [-0.39, 0.29) is 5.54 Å². The molecule has 1 rings (SSSR count). The van der Waals surface area contributed by atoms with Crippen LogP contribution in [0, 0.1) is 6.92 Å². The van der Waals surface area contributed by atoms with Gasteiger partial charge in [0.1, 0.15) is 16.8 Å². The Bertz CT molecular complexity index is 388. The molecule has 0 atom stereocenters. The van der Waals surface area contributed by atoms with E-state index in [1.807, 2.05) is 6.92 Å². The van der Waals surface area contributed by atoms with Gasteiger partial charge in [0.25, 0.3) is 0 Å². The molecule has 1 heterocycles. The van der Waals surface area contributed by atoms with Crippen molar-refractivity contribution in [1.29, 1.82) is 0 Å². The van der Waals surface area contributed by atoms with Gasteiger partial charge in [0, 0.05) is 17.5 Å². The van der Waals surface area contributed by atoms with E-state index in [9.17, 15) is 0 Å². The Kier molecular flexibility index (Phi) is 4.75. The number of nitrogens with zero attached hydrogens (tertiary/aromatic N) is 2. The quantitative estimate of drug-likeness (QED) is 0.809. The first-order chi connectivity index (χ1) is 7.89. The second kappa shape index (κ2) is 5.67. The van der Waals surface area contributed by atoms with Gasteiger partial charge in [0.05, 0.1) is 0 Å². The van der Waals surface area contributed by atoms with Crippen LogP contribution in [0.4, 0.5) is 5.82 Å². The van der Waals surface area contributed by atoms with E-state index >= 15 is 0 Å². The average Bonchev–Trinajstić information content (AvgIpc) is 2.25. The maximum absolute atomic E-state index is 6.14. The molecule has 3 nitrogen and oxygen atoms in total. The van der Waals surface area contributed by atoms with Gasteiger partial charge in [-0.05, 0) is 33.6 Å². The molecule has 0 bridgehead atoms. The Balaban J connectivity index is 3.05. The van der Waals surface area contributed by atoms with Crippen molar-refractivity contribution in [2.75, 3.05) is 5.32 Å². The molecule has 0 fully saturated rings. The molecule has 4 heteroatoms. The molecule has 0 spiro atoms. The van der Waals surface area contributed by atoms with Crippen LogP contribution in [0.1, 0.15) is 51.9 Å². The lowest BCUT2D eigenvalue weighted by atomic mass is 10.0. The minimum Gasteiger partial charge on any atom is -0.365 e. The molecule has 0 aliphatic heterocycles. The second-order valence-electron chi connectivity index (χ2n) is 5.02. The lowest BCUT2D eigenvalue weighted by Gasteiger charge is -2.26. The van der Waals surface area contributed by atoms with Crippen LogP contribution >= 0.6 is 11.6 Å². The molecule has 0 saturated carbocycles. The summed E-state index contributed by atoms with van der Waals surface area (Å²) in [6.07, 6.45) is 2.91. The highest BCUT2D eigenvalue weighted by Gasteiger charge is 2.18. The van der Waals surface area contributed by atoms with E-state index in [0.29, 0.717) is 5.15 Å². The zero-order valence-corrected chi connectivity index (χ0v) is 12.1. The standard InChI is InChI=1S/C13H22ClN3/c1-6-8-10-15-11(14)9(3)12(16-10)17-13(4,5)7-2/h6-8H2,1-5H3,(H,15,16,17). The van der Waals surface area contributed by atoms with Gasteiger partial charge in [-0.15, -0.1) is 0 Å². The molecule has 1 aromatic rings. The van der Waals surface area contributed by atoms with Crippen LogP contribution in [0.5, 0.6) is 0 Å². The third kappa shape index (κ3) is 3.84. The number of nitrogens with one attached hydrogen (secondary N) is 1. The zero-order chi connectivity index (χ0) is 13.1. The van der Waals surface area contributed by atoms with Crippen LogP contribution in [-0.4, -0.2) is 15.5 Å². The third-order valence-electron chi connectivity index (χ3n) is 2.95. The summed E-state index contributed by atoms with van der Waals surface area (Å²) < 4.78 is 0. The minimum absolute atomic E-state index is 0.0198. The molecule has 0 radical (unpaired) electrons. The van der Waals surface area contributed by atoms with Gasteiger partial charge in [0.15, 0.2) is 0 Å². The maximum Gasteiger partial charge on any atom is 0.137 e. The summed E-state index contributed by atoms with van der Waals surface area (Å²) in [4.78, 5) is 8.84. The molecular formula is C13H22ClN3. The summed E-state index contributed by atoms with van der Waals surface area (Å²) in [6.45, 7) is 10.5. The van der Waals surface area contributed by atoms with E-state index in [1.54, 1.807) is 0 Å². The van der Waals surface area contributed by atoms with Crippen LogP contribution in [0.3, 0.4) is 0 Å². The lowest BCUT2D eigenvalue weighted by Crippen LogP contribution is -2.30. The van der Waals surface area contributed by atoms with Gasteiger partial charge in [-0.1, -0.05) is 25.4 Å². The fraction of sp³-hybridized carbons (Fsp3) is 0.692. The van der Waals surface area contributed by atoms with Crippen LogP contribution in [0.25, 0.3) is 0 Å². The topological polar surface area (TPSA) is 37.8 Å². The van der Waals surface area contributed by atoms with Gasteiger partial charge in [-0.2, -0.15) is 0 Å². The highest BCUT2D eigenvalue weighted by atomic mass is 35.5. The number of hydrogen-bond acceptors (Lipinski definition) is 3. The molecule has 0 aliphatic rings. The molecule has 17 heavy (non-hydrogen) atoms. The van der Waals surface area contributed by atoms with Gasteiger partial charge < -0.3 is 5.32 Å². The molecule has 0 amide bonds. The van der Waals surface area contributed by atoms with Crippen molar-refractivity contribution in [2.45, 2.75) is 59.4 Å². The van der Waals surface area contributed by atoms with Crippen molar-refractivity contribution in [3.8, 4) is 0 Å². The Morgan fingerprint density at radius 2 is 1.88 bits per heavy atom. The van der Waals surface area contributed by atoms with Crippen molar-refractivity contribution >= 4 is 17.4 Å². The van der Waals surface area contributed by atoms with Crippen molar-refractivity contribution in [3.05, 3.63) is 16.5 Å². The number of halogens is 1. The van der Waals surface area contributed by atoms with E-state index in [4.69, 9.17) is 11.6 Å². The summed E-state index contributed by atoms with van der Waals surface area (Å²) in [5.41, 5.74) is 0.944. The summed E-state index contributed by atoms with van der Waals surface area (Å²) in [5, 5.41) is 3.99. The number of aromatic nitrogens is 2. The Morgan fingerprint density at radius 3 is 2.41 bits per heavy atom. The fourth-order valence-electron chi connectivity index (χ4n) is 1.40. The molecular weight excluding hydrogens is 234 g/mol. The van der Waals surface area contributed by atoms with Crippen LogP contribution in [-0.2, 0) is 6.42 Å². The fourth-order valence-corrected chi connectivity index (χ4v) is 1.59. The molecule has 0 unspecified atom stereocenters. The molecule has 1 aromatic heterocycles. The SMILES string of the molecule is CCCc1nc(Cl)c(C)c(NC(C)(C)CC)n1. The van der Waals surface area contributed by atoms with Gasteiger partial charge >= 0.3 is 0 Å². The van der Waals surface area contributed by atoms with Crippen molar-refractivity contribution in [1.82, 2.24) is 9.97 Å². The predicted octanol–water partition coefficient (Wildman–Crippen LogP) is 3.99. The highest BCUT2D eigenvalue weighted by molar-refractivity contribution is 6.30. The van der Waals surface area contributed by atoms with Gasteiger partial charge in [-0.25, -0.2) is 9.97 Å². The largest absolute Gasteiger partial charge is 0.365 e. The third-order valence-corrected chi connectivity index (χ3v) is 3.31. The normalized spacial score (nSPS) is 11.6. The van der Waals surface area contributed by atoms with Gasteiger partial charge in [0.2, 0.25) is 0 Å². The van der Waals surface area contributed by atoms with Crippen molar-refractivity contribution in [3.63, 3.8) is 0 Å². The van der Waals surface area contributed by atoms with E-state index < -0.39 is 0 Å². The lowest BCUT2D eigenvalue weighted by molar-refractivity contribution is 0.543. The molecule has 0 aliphatic carbocycles. The highest BCUT2D eigenvalue weighted by Crippen LogP contribution is 2.24. The molecule has 0 aromatic carbocycles. The van der Waals surface area contributed by atoms with Crippen molar-refractivity contribution < 1.29 is 0 Å². The first-order valence-electron chi connectivity index (χ1n) is 6.20. The monoisotopic (exact) mass is 255 g/mol. The predicted molar refractivity (Wildman–Crippen MR) is 73.8 cm³/mol. The average molecular weight is 256 g/mol. The van der Waals surface area contributed by atoms with Crippen LogP contribution in [0.15, 0.2) is 0 Å². The number of hydrogen-bond donors (Lipinski definition) is 1. The van der Waals surface area contributed by atoms with Gasteiger partial charge in [-0.3, -0.25) is 0 Å². The van der Waals surface area contributed by atoms with Crippen LogP contribution in [0.2, 0.25) is 5.15 Å². The summed E-state index contributed by atoms with van der Waals surface area (Å²) in [7, 11) is 0. The number of rotatable bonds is 5. The maximum atomic E-state index is 6.14. The molecule has 1 N–H and O–H groups in total. The Labute approximate surface area is 109 Å². The van der Waals surface area contributed by atoms with Crippen molar-refractivity contribution in [2.24, 2.45) is 0 Å². The molecule has 96 valence electrons. The smallest absolute Gasteiger partial charge is 0.137 e. The zero-order valence-electron chi connectivity index (χ0n) is 11.4. The number of aryl methyl sites for hydroxylation is 1. The summed E-state index contributed by atoms with van der Waals surface area (Å²) >= 11 is 6.14. The van der Waals surface area contributed by atoms with E-state index in [2.05, 4.69) is 43.0 Å². The first kappa shape index (κ1) is 14.2. The van der Waals surface area contributed by atoms with E-state index in [1.165, 1.54) is 0 Å². The minimum atomic E-state index is 0.0198. The number of anilines is 1.